The highest BCUT2D eigenvalue weighted by atomic mass is 32.2. The summed E-state index contributed by atoms with van der Waals surface area (Å²) in [5, 5.41) is 13.6. The van der Waals surface area contributed by atoms with E-state index in [0.717, 1.165) is 0 Å². The molecule has 0 aliphatic rings. The van der Waals surface area contributed by atoms with Crippen molar-refractivity contribution in [3.8, 4) is 0 Å². The van der Waals surface area contributed by atoms with E-state index in [1.54, 1.807) is 26.0 Å². The van der Waals surface area contributed by atoms with Crippen LogP contribution in [-0.2, 0) is 4.79 Å². The van der Waals surface area contributed by atoms with Crippen molar-refractivity contribution in [2.75, 3.05) is 5.75 Å². The Morgan fingerprint density at radius 2 is 2.00 bits per heavy atom. The number of carboxylic acids is 1. The number of hydrogen-bond acceptors (Lipinski definition) is 4. The highest BCUT2D eigenvalue weighted by molar-refractivity contribution is 8.00. The van der Waals surface area contributed by atoms with Crippen LogP contribution >= 0.6 is 11.8 Å². The van der Waals surface area contributed by atoms with Gasteiger partial charge in [-0.15, -0.1) is 11.8 Å². The summed E-state index contributed by atoms with van der Waals surface area (Å²) in [5.74, 6) is -1.42. The Balaban J connectivity index is 2.47. The minimum absolute atomic E-state index is 0.0363. The summed E-state index contributed by atoms with van der Waals surface area (Å²) in [4.78, 5) is 34.3. The normalized spacial score (nSPS) is 10.2. The van der Waals surface area contributed by atoms with Crippen LogP contribution in [0.1, 0.15) is 24.2 Å². The molecule has 0 heterocycles. The molecule has 0 aromatic heterocycles. The summed E-state index contributed by atoms with van der Waals surface area (Å²) in [6, 6.07) is 5.68. The van der Waals surface area contributed by atoms with Gasteiger partial charge in [0.1, 0.15) is 0 Å². The summed E-state index contributed by atoms with van der Waals surface area (Å²) in [7, 11) is 0. The molecule has 0 bridgehead atoms. The number of carbonyl (C=O) groups is 3. The second-order valence-corrected chi connectivity index (χ2v) is 5.35. The number of benzene rings is 1. The standard InChI is InChI=1S/C13H16N2O4S/c1-8(2)14-13(19)15-11(16)7-20-10-5-3-4-9(6-10)12(17)18/h3-6,8H,7H2,1-2H3,(H,17,18)(H2,14,15,16,19). The van der Waals surface area contributed by atoms with Gasteiger partial charge < -0.3 is 10.4 Å². The number of urea groups is 1. The van der Waals surface area contributed by atoms with Crippen molar-refractivity contribution < 1.29 is 19.5 Å². The Morgan fingerprint density at radius 1 is 1.30 bits per heavy atom. The molecule has 0 saturated carbocycles. The van der Waals surface area contributed by atoms with Gasteiger partial charge in [-0.05, 0) is 32.0 Å². The summed E-state index contributed by atoms with van der Waals surface area (Å²) < 4.78 is 0. The largest absolute Gasteiger partial charge is 0.478 e. The van der Waals surface area contributed by atoms with E-state index in [1.165, 1.54) is 23.9 Å². The highest BCUT2D eigenvalue weighted by Gasteiger charge is 2.10. The fourth-order valence-electron chi connectivity index (χ4n) is 1.33. The molecule has 20 heavy (non-hydrogen) atoms. The van der Waals surface area contributed by atoms with Crippen LogP contribution in [0.25, 0.3) is 0 Å². The second kappa shape index (κ2) is 7.54. The van der Waals surface area contributed by atoms with Crippen LogP contribution in [0.5, 0.6) is 0 Å². The van der Waals surface area contributed by atoms with Crippen molar-refractivity contribution in [3.05, 3.63) is 29.8 Å². The fourth-order valence-corrected chi connectivity index (χ4v) is 2.08. The molecule has 1 aromatic carbocycles. The number of thioether (sulfide) groups is 1. The van der Waals surface area contributed by atoms with Crippen molar-refractivity contribution >= 4 is 29.7 Å². The van der Waals surface area contributed by atoms with Crippen molar-refractivity contribution in [1.82, 2.24) is 10.6 Å². The van der Waals surface area contributed by atoms with E-state index in [2.05, 4.69) is 10.6 Å². The molecule has 0 spiro atoms. The molecule has 1 rings (SSSR count). The third-order valence-electron chi connectivity index (χ3n) is 2.12. The van der Waals surface area contributed by atoms with Crippen LogP contribution < -0.4 is 10.6 Å². The summed E-state index contributed by atoms with van der Waals surface area (Å²) >= 11 is 1.17. The molecule has 3 amide bonds. The van der Waals surface area contributed by atoms with Crippen molar-refractivity contribution in [1.29, 1.82) is 0 Å². The molecule has 0 fully saturated rings. The Hall–Kier alpha value is -2.02. The van der Waals surface area contributed by atoms with E-state index in [1.807, 2.05) is 0 Å². The monoisotopic (exact) mass is 296 g/mol. The van der Waals surface area contributed by atoms with Gasteiger partial charge in [0.05, 0.1) is 11.3 Å². The van der Waals surface area contributed by atoms with Gasteiger partial charge in [-0.25, -0.2) is 9.59 Å². The second-order valence-electron chi connectivity index (χ2n) is 4.30. The lowest BCUT2D eigenvalue weighted by molar-refractivity contribution is -0.117. The molecular weight excluding hydrogens is 280 g/mol. The third kappa shape index (κ3) is 5.75. The zero-order chi connectivity index (χ0) is 15.1. The van der Waals surface area contributed by atoms with Gasteiger partial charge in [-0.2, -0.15) is 0 Å². The van der Waals surface area contributed by atoms with Gasteiger partial charge in [-0.1, -0.05) is 6.07 Å². The van der Waals surface area contributed by atoms with E-state index in [9.17, 15) is 14.4 Å². The average Bonchev–Trinajstić information content (AvgIpc) is 2.35. The van der Waals surface area contributed by atoms with Gasteiger partial charge in [0, 0.05) is 10.9 Å². The first kappa shape index (κ1) is 16.0. The molecule has 6 nitrogen and oxygen atoms in total. The molecule has 0 aliphatic carbocycles. The number of carboxylic acid groups (broad SMARTS) is 1. The highest BCUT2D eigenvalue weighted by Crippen LogP contribution is 2.18. The van der Waals surface area contributed by atoms with E-state index < -0.39 is 17.9 Å². The van der Waals surface area contributed by atoms with Gasteiger partial charge >= 0.3 is 12.0 Å². The lowest BCUT2D eigenvalue weighted by Gasteiger charge is -2.09. The van der Waals surface area contributed by atoms with Crippen LogP contribution in [-0.4, -0.2) is 34.8 Å². The molecule has 7 heteroatoms. The quantitative estimate of drug-likeness (QED) is 0.719. The van der Waals surface area contributed by atoms with Crippen LogP contribution in [0.4, 0.5) is 4.79 Å². The fraction of sp³-hybridized carbons (Fsp3) is 0.308. The zero-order valence-corrected chi connectivity index (χ0v) is 12.0. The van der Waals surface area contributed by atoms with Crippen molar-refractivity contribution in [2.45, 2.75) is 24.8 Å². The molecule has 1 aromatic rings. The van der Waals surface area contributed by atoms with Gasteiger partial charge in [0.2, 0.25) is 5.91 Å². The smallest absolute Gasteiger partial charge is 0.335 e. The van der Waals surface area contributed by atoms with Crippen LogP contribution in [0.2, 0.25) is 0 Å². The summed E-state index contributed by atoms with van der Waals surface area (Å²) in [6.07, 6.45) is 0. The maximum absolute atomic E-state index is 11.5. The lowest BCUT2D eigenvalue weighted by atomic mass is 10.2. The molecule has 108 valence electrons. The molecular formula is C13H16N2O4S. The number of imide groups is 1. The molecule has 0 saturated heterocycles. The van der Waals surface area contributed by atoms with Crippen LogP contribution in [0.15, 0.2) is 29.2 Å². The number of rotatable bonds is 5. The number of carbonyl (C=O) groups excluding carboxylic acids is 2. The minimum Gasteiger partial charge on any atom is -0.478 e. The summed E-state index contributed by atoms with van der Waals surface area (Å²) in [5.41, 5.74) is 0.160. The molecule has 3 N–H and O–H groups in total. The Kier molecular flexibility index (Phi) is 6.05. The number of aromatic carboxylic acids is 1. The predicted molar refractivity (Wildman–Crippen MR) is 75.9 cm³/mol. The number of hydrogen-bond donors (Lipinski definition) is 3. The first-order chi connectivity index (χ1) is 9.38. The van der Waals surface area contributed by atoms with Crippen molar-refractivity contribution in [2.24, 2.45) is 0 Å². The van der Waals surface area contributed by atoms with Gasteiger partial charge in [-0.3, -0.25) is 10.1 Å². The Morgan fingerprint density at radius 3 is 2.60 bits per heavy atom. The van der Waals surface area contributed by atoms with E-state index in [0.29, 0.717) is 4.90 Å². The SMILES string of the molecule is CC(C)NC(=O)NC(=O)CSc1cccc(C(=O)O)c1. The first-order valence-electron chi connectivity index (χ1n) is 5.95. The zero-order valence-electron chi connectivity index (χ0n) is 11.2. The maximum atomic E-state index is 11.5. The van der Waals surface area contributed by atoms with E-state index in [4.69, 9.17) is 5.11 Å². The average molecular weight is 296 g/mol. The van der Waals surface area contributed by atoms with E-state index in [-0.39, 0.29) is 17.4 Å². The Bertz CT molecular complexity index is 517. The van der Waals surface area contributed by atoms with Gasteiger partial charge in [0.15, 0.2) is 0 Å². The maximum Gasteiger partial charge on any atom is 0.335 e. The summed E-state index contributed by atoms with van der Waals surface area (Å²) in [6.45, 7) is 3.58. The molecule has 0 unspecified atom stereocenters. The lowest BCUT2D eigenvalue weighted by Crippen LogP contribution is -2.43. The first-order valence-corrected chi connectivity index (χ1v) is 6.93. The third-order valence-corrected chi connectivity index (χ3v) is 3.12. The number of nitrogens with one attached hydrogen (secondary N) is 2. The molecule has 0 radical (unpaired) electrons. The number of amides is 3. The topological polar surface area (TPSA) is 95.5 Å². The van der Waals surface area contributed by atoms with Crippen molar-refractivity contribution in [3.63, 3.8) is 0 Å². The molecule has 0 atom stereocenters. The Labute approximate surface area is 120 Å². The van der Waals surface area contributed by atoms with Crippen LogP contribution in [0.3, 0.4) is 0 Å². The van der Waals surface area contributed by atoms with Crippen LogP contribution in [0, 0.1) is 0 Å². The predicted octanol–water partition coefficient (Wildman–Crippen LogP) is 1.71. The van der Waals surface area contributed by atoms with Gasteiger partial charge in [0.25, 0.3) is 0 Å². The van der Waals surface area contributed by atoms with E-state index >= 15 is 0 Å². The molecule has 0 aliphatic heterocycles. The minimum atomic E-state index is -1.02.